The summed E-state index contributed by atoms with van der Waals surface area (Å²) >= 11 is 1.56. The summed E-state index contributed by atoms with van der Waals surface area (Å²) in [5.41, 5.74) is 8.71. The Hall–Kier alpha value is -2.46. The minimum atomic E-state index is 0.794. The fourth-order valence-electron chi connectivity index (χ4n) is 2.25. The van der Waals surface area contributed by atoms with Gasteiger partial charge in [0.05, 0.1) is 11.9 Å². The Kier molecular flexibility index (Phi) is 4.30. The van der Waals surface area contributed by atoms with E-state index < -0.39 is 0 Å². The van der Waals surface area contributed by atoms with E-state index in [0.29, 0.717) is 0 Å². The standard InChI is InChI=1S/C18H17N3S/c1-13-8-9-16(14(2)10-13)17-12-22-18(20-17)21-19-11-15-6-4-3-5-7-15/h3-12H,1-2H3,(H,20,21)/b19-11-. The van der Waals surface area contributed by atoms with E-state index in [4.69, 9.17) is 0 Å². The number of rotatable bonds is 4. The summed E-state index contributed by atoms with van der Waals surface area (Å²) in [6.07, 6.45) is 1.79. The van der Waals surface area contributed by atoms with Crippen molar-refractivity contribution in [2.45, 2.75) is 13.8 Å². The molecule has 1 heterocycles. The second kappa shape index (κ2) is 6.54. The van der Waals surface area contributed by atoms with Gasteiger partial charge in [-0.05, 0) is 25.0 Å². The molecular weight excluding hydrogens is 290 g/mol. The average molecular weight is 307 g/mol. The maximum absolute atomic E-state index is 4.60. The van der Waals surface area contributed by atoms with E-state index >= 15 is 0 Å². The van der Waals surface area contributed by atoms with Gasteiger partial charge in [0.25, 0.3) is 0 Å². The molecular formula is C18H17N3S. The van der Waals surface area contributed by atoms with Crippen LogP contribution in [-0.4, -0.2) is 11.2 Å². The van der Waals surface area contributed by atoms with Crippen LogP contribution in [0.25, 0.3) is 11.3 Å². The topological polar surface area (TPSA) is 37.3 Å². The first-order valence-electron chi connectivity index (χ1n) is 7.09. The van der Waals surface area contributed by atoms with Crippen LogP contribution in [0.2, 0.25) is 0 Å². The predicted molar refractivity (Wildman–Crippen MR) is 94.7 cm³/mol. The number of thiazole rings is 1. The van der Waals surface area contributed by atoms with E-state index in [9.17, 15) is 0 Å². The second-order valence-electron chi connectivity index (χ2n) is 5.14. The number of hydrazone groups is 1. The van der Waals surface area contributed by atoms with Crippen molar-refractivity contribution in [3.8, 4) is 11.3 Å². The van der Waals surface area contributed by atoms with Crippen molar-refractivity contribution in [1.29, 1.82) is 0 Å². The zero-order valence-corrected chi connectivity index (χ0v) is 13.4. The lowest BCUT2D eigenvalue weighted by atomic mass is 10.0. The van der Waals surface area contributed by atoms with Crippen LogP contribution in [0.15, 0.2) is 59.0 Å². The third-order valence-corrected chi connectivity index (χ3v) is 4.08. The van der Waals surface area contributed by atoms with E-state index in [2.05, 4.69) is 52.9 Å². The Morgan fingerprint density at radius 3 is 2.68 bits per heavy atom. The smallest absolute Gasteiger partial charge is 0.203 e. The summed E-state index contributed by atoms with van der Waals surface area (Å²) in [6.45, 7) is 4.21. The van der Waals surface area contributed by atoms with Gasteiger partial charge in [-0.25, -0.2) is 4.98 Å². The van der Waals surface area contributed by atoms with Gasteiger partial charge in [0.2, 0.25) is 5.13 Å². The number of hydrogen-bond donors (Lipinski definition) is 1. The van der Waals surface area contributed by atoms with E-state index in [-0.39, 0.29) is 0 Å². The van der Waals surface area contributed by atoms with E-state index in [1.807, 2.05) is 30.3 Å². The molecule has 1 N–H and O–H groups in total. The fourth-order valence-corrected chi connectivity index (χ4v) is 2.91. The van der Waals surface area contributed by atoms with Gasteiger partial charge >= 0.3 is 0 Å². The predicted octanol–water partition coefficient (Wildman–Crippen LogP) is 4.87. The van der Waals surface area contributed by atoms with E-state index in [1.165, 1.54) is 16.7 Å². The summed E-state index contributed by atoms with van der Waals surface area (Å²) in [6, 6.07) is 16.4. The number of nitrogens with zero attached hydrogens (tertiary/aromatic N) is 2. The molecule has 0 aliphatic rings. The second-order valence-corrected chi connectivity index (χ2v) is 6.00. The van der Waals surface area contributed by atoms with Crippen molar-refractivity contribution in [3.05, 3.63) is 70.6 Å². The van der Waals surface area contributed by atoms with Gasteiger partial charge in [0, 0.05) is 10.9 Å². The molecule has 0 amide bonds. The molecule has 4 heteroatoms. The summed E-state index contributed by atoms with van der Waals surface area (Å²) in [5.74, 6) is 0. The van der Waals surface area contributed by atoms with Gasteiger partial charge in [-0.3, -0.25) is 5.43 Å². The third-order valence-electron chi connectivity index (χ3n) is 3.34. The molecule has 3 aromatic rings. The number of aromatic nitrogens is 1. The monoisotopic (exact) mass is 307 g/mol. The lowest BCUT2D eigenvalue weighted by molar-refractivity contribution is 1.28. The number of aryl methyl sites for hydroxylation is 2. The van der Waals surface area contributed by atoms with Crippen LogP contribution < -0.4 is 5.43 Å². The number of nitrogens with one attached hydrogen (secondary N) is 1. The summed E-state index contributed by atoms with van der Waals surface area (Å²) < 4.78 is 0. The van der Waals surface area contributed by atoms with Crippen LogP contribution in [0.3, 0.4) is 0 Å². The highest BCUT2D eigenvalue weighted by Gasteiger charge is 2.06. The molecule has 0 saturated carbocycles. The summed E-state index contributed by atoms with van der Waals surface area (Å²) in [4.78, 5) is 4.60. The molecule has 0 fully saturated rings. The Morgan fingerprint density at radius 2 is 1.91 bits per heavy atom. The molecule has 0 aliphatic carbocycles. The van der Waals surface area contributed by atoms with Crippen molar-refractivity contribution < 1.29 is 0 Å². The Bertz CT molecular complexity index is 791. The van der Waals surface area contributed by atoms with E-state index in [0.717, 1.165) is 16.4 Å². The number of anilines is 1. The van der Waals surface area contributed by atoms with Crippen LogP contribution >= 0.6 is 11.3 Å². The SMILES string of the molecule is Cc1ccc(-c2csc(N/N=C\c3ccccc3)n2)c(C)c1. The van der Waals surface area contributed by atoms with Crippen LogP contribution in [0.4, 0.5) is 5.13 Å². The van der Waals surface area contributed by atoms with Gasteiger partial charge < -0.3 is 0 Å². The molecule has 0 saturated heterocycles. The number of benzene rings is 2. The summed E-state index contributed by atoms with van der Waals surface area (Å²) in [5, 5.41) is 7.08. The maximum atomic E-state index is 4.60. The van der Waals surface area contributed by atoms with Gasteiger partial charge in [0.1, 0.15) is 0 Å². The number of hydrogen-bond acceptors (Lipinski definition) is 4. The zero-order valence-electron chi connectivity index (χ0n) is 12.6. The molecule has 1 aromatic heterocycles. The Labute approximate surface area is 134 Å². The van der Waals surface area contributed by atoms with Gasteiger partial charge in [-0.1, -0.05) is 54.1 Å². The summed E-state index contributed by atoms with van der Waals surface area (Å²) in [7, 11) is 0. The van der Waals surface area contributed by atoms with Crippen molar-refractivity contribution >= 4 is 22.7 Å². The van der Waals surface area contributed by atoms with Crippen LogP contribution in [0, 0.1) is 13.8 Å². The van der Waals surface area contributed by atoms with Crippen LogP contribution in [0.1, 0.15) is 16.7 Å². The van der Waals surface area contributed by atoms with Crippen molar-refractivity contribution in [2.75, 3.05) is 5.43 Å². The molecule has 0 unspecified atom stereocenters. The molecule has 0 spiro atoms. The molecule has 110 valence electrons. The third kappa shape index (κ3) is 3.40. The molecule has 3 rings (SSSR count). The molecule has 0 aliphatic heterocycles. The molecule has 3 nitrogen and oxygen atoms in total. The van der Waals surface area contributed by atoms with Crippen LogP contribution in [0.5, 0.6) is 0 Å². The lowest BCUT2D eigenvalue weighted by Crippen LogP contribution is -1.90. The highest BCUT2D eigenvalue weighted by atomic mass is 32.1. The quantitative estimate of drug-likeness (QED) is 0.551. The first-order valence-corrected chi connectivity index (χ1v) is 7.97. The largest absolute Gasteiger partial charge is 0.253 e. The maximum Gasteiger partial charge on any atom is 0.203 e. The van der Waals surface area contributed by atoms with Crippen molar-refractivity contribution in [1.82, 2.24) is 4.98 Å². The Balaban J connectivity index is 1.73. The highest BCUT2D eigenvalue weighted by Crippen LogP contribution is 2.27. The molecule has 2 aromatic carbocycles. The Morgan fingerprint density at radius 1 is 1.09 bits per heavy atom. The first-order chi connectivity index (χ1) is 10.7. The first kappa shape index (κ1) is 14.5. The van der Waals surface area contributed by atoms with Gasteiger partial charge in [-0.15, -0.1) is 11.3 Å². The zero-order chi connectivity index (χ0) is 15.4. The lowest BCUT2D eigenvalue weighted by Gasteiger charge is -2.03. The molecule has 0 bridgehead atoms. The van der Waals surface area contributed by atoms with Crippen molar-refractivity contribution in [3.63, 3.8) is 0 Å². The molecule has 0 radical (unpaired) electrons. The van der Waals surface area contributed by atoms with E-state index in [1.54, 1.807) is 17.6 Å². The molecule has 22 heavy (non-hydrogen) atoms. The van der Waals surface area contributed by atoms with Crippen LogP contribution in [-0.2, 0) is 0 Å². The molecule has 0 atom stereocenters. The minimum Gasteiger partial charge on any atom is -0.253 e. The normalized spacial score (nSPS) is 11.0. The minimum absolute atomic E-state index is 0.794. The van der Waals surface area contributed by atoms with Crippen molar-refractivity contribution in [2.24, 2.45) is 5.10 Å². The van der Waals surface area contributed by atoms with Gasteiger partial charge in [0.15, 0.2) is 0 Å². The highest BCUT2D eigenvalue weighted by molar-refractivity contribution is 7.14. The van der Waals surface area contributed by atoms with Gasteiger partial charge in [-0.2, -0.15) is 5.10 Å². The average Bonchev–Trinajstić information content (AvgIpc) is 2.97. The fraction of sp³-hybridized carbons (Fsp3) is 0.111.